The largest absolute Gasteiger partial charge is 0.465 e. The highest BCUT2D eigenvalue weighted by atomic mass is 127. The van der Waals surface area contributed by atoms with Crippen molar-refractivity contribution in [3.63, 3.8) is 0 Å². The van der Waals surface area contributed by atoms with E-state index in [1.54, 1.807) is 13.0 Å². The summed E-state index contributed by atoms with van der Waals surface area (Å²) in [5.41, 5.74) is 0.202. The van der Waals surface area contributed by atoms with E-state index in [0.717, 1.165) is 3.57 Å². The van der Waals surface area contributed by atoms with E-state index in [1.807, 2.05) is 18.2 Å². The normalized spacial score (nSPS) is 10.1. The Morgan fingerprint density at radius 2 is 2.05 bits per heavy atom. The van der Waals surface area contributed by atoms with E-state index in [9.17, 15) is 4.79 Å². The van der Waals surface area contributed by atoms with Crippen LogP contribution < -0.4 is 4.74 Å². The number of hydrogen-bond donors (Lipinski definition) is 0. The second-order valence-electron chi connectivity index (χ2n) is 3.66. The van der Waals surface area contributed by atoms with Crippen LogP contribution in [-0.4, -0.2) is 23.0 Å². The van der Waals surface area contributed by atoms with Gasteiger partial charge in [0, 0.05) is 6.20 Å². The number of ether oxygens (including phenoxy) is 2. The van der Waals surface area contributed by atoms with Crippen molar-refractivity contribution < 1.29 is 14.3 Å². The Balaban J connectivity index is 2.41. The second kappa shape index (κ2) is 5.96. The molecule has 6 heteroatoms. The average molecular weight is 370 g/mol. The smallest absolute Gasteiger partial charge is 0.345 e. The van der Waals surface area contributed by atoms with Gasteiger partial charge >= 0.3 is 5.97 Å². The SMILES string of the molecule is COC(=O)c1cnc(C)nc1Oc1ccccc1I. The van der Waals surface area contributed by atoms with Crippen LogP contribution >= 0.6 is 22.6 Å². The maximum atomic E-state index is 11.6. The number of para-hydroxylation sites is 1. The molecule has 0 radical (unpaired) electrons. The number of benzene rings is 1. The summed E-state index contributed by atoms with van der Waals surface area (Å²) in [5.74, 6) is 0.823. The Morgan fingerprint density at radius 1 is 1.32 bits per heavy atom. The predicted molar refractivity (Wildman–Crippen MR) is 77.3 cm³/mol. The first kappa shape index (κ1) is 13.7. The van der Waals surface area contributed by atoms with Crippen molar-refractivity contribution >= 4 is 28.6 Å². The van der Waals surface area contributed by atoms with Gasteiger partial charge < -0.3 is 9.47 Å². The molecule has 0 N–H and O–H groups in total. The fourth-order valence-corrected chi connectivity index (χ4v) is 1.91. The zero-order valence-corrected chi connectivity index (χ0v) is 12.5. The molecule has 2 aromatic rings. The Labute approximate surface area is 124 Å². The van der Waals surface area contributed by atoms with Gasteiger partial charge in [-0.15, -0.1) is 0 Å². The van der Waals surface area contributed by atoms with Crippen LogP contribution in [0.2, 0.25) is 0 Å². The van der Waals surface area contributed by atoms with E-state index in [4.69, 9.17) is 4.74 Å². The monoisotopic (exact) mass is 370 g/mol. The second-order valence-corrected chi connectivity index (χ2v) is 4.82. The molecule has 0 saturated carbocycles. The third-order valence-electron chi connectivity index (χ3n) is 2.32. The molecule has 0 atom stereocenters. The molecule has 0 aliphatic heterocycles. The molecular formula is C13H11IN2O3. The molecule has 1 aromatic carbocycles. The summed E-state index contributed by atoms with van der Waals surface area (Å²) < 4.78 is 11.3. The lowest BCUT2D eigenvalue weighted by Gasteiger charge is -2.10. The number of nitrogens with zero attached hydrogens (tertiary/aromatic N) is 2. The van der Waals surface area contributed by atoms with Crippen LogP contribution in [0.15, 0.2) is 30.5 Å². The third-order valence-corrected chi connectivity index (χ3v) is 3.21. The highest BCUT2D eigenvalue weighted by molar-refractivity contribution is 14.1. The standard InChI is InChI=1S/C13H11IN2O3/c1-8-15-7-9(13(17)18-2)12(16-8)19-11-6-4-3-5-10(11)14/h3-7H,1-2H3. The number of halogens is 1. The first-order valence-corrected chi connectivity index (χ1v) is 6.54. The van der Waals surface area contributed by atoms with E-state index in [1.165, 1.54) is 13.3 Å². The molecule has 0 spiro atoms. The van der Waals surface area contributed by atoms with Crippen molar-refractivity contribution in [1.82, 2.24) is 9.97 Å². The first-order valence-electron chi connectivity index (χ1n) is 5.46. The van der Waals surface area contributed by atoms with Gasteiger partial charge in [-0.2, -0.15) is 4.98 Å². The molecular weight excluding hydrogens is 359 g/mol. The van der Waals surface area contributed by atoms with E-state index < -0.39 is 5.97 Å². The lowest BCUT2D eigenvalue weighted by atomic mass is 10.3. The summed E-state index contributed by atoms with van der Waals surface area (Å²) >= 11 is 2.15. The lowest BCUT2D eigenvalue weighted by Crippen LogP contribution is -2.07. The van der Waals surface area contributed by atoms with Gasteiger partial charge in [0.15, 0.2) is 0 Å². The van der Waals surface area contributed by atoms with Crippen molar-refractivity contribution in [3.8, 4) is 11.6 Å². The minimum atomic E-state index is -0.527. The van der Waals surface area contributed by atoms with Crippen molar-refractivity contribution in [3.05, 3.63) is 45.4 Å². The van der Waals surface area contributed by atoms with Crippen LogP contribution in [0.4, 0.5) is 0 Å². The minimum Gasteiger partial charge on any atom is -0.465 e. The maximum Gasteiger partial charge on any atom is 0.345 e. The van der Waals surface area contributed by atoms with Crippen LogP contribution in [0.1, 0.15) is 16.2 Å². The summed E-state index contributed by atoms with van der Waals surface area (Å²) in [4.78, 5) is 19.8. The Morgan fingerprint density at radius 3 is 2.74 bits per heavy atom. The molecule has 0 fully saturated rings. The first-order chi connectivity index (χ1) is 9.11. The van der Waals surface area contributed by atoms with Gasteiger partial charge in [-0.05, 0) is 41.6 Å². The number of hydrogen-bond acceptors (Lipinski definition) is 5. The molecule has 1 heterocycles. The van der Waals surface area contributed by atoms with E-state index in [2.05, 4.69) is 37.3 Å². The third kappa shape index (κ3) is 3.19. The molecule has 98 valence electrons. The number of carbonyl (C=O) groups is 1. The van der Waals surface area contributed by atoms with Crippen LogP contribution in [0, 0.1) is 10.5 Å². The fourth-order valence-electron chi connectivity index (χ4n) is 1.41. The van der Waals surface area contributed by atoms with Gasteiger partial charge in [0.1, 0.15) is 17.1 Å². The highest BCUT2D eigenvalue weighted by Gasteiger charge is 2.17. The van der Waals surface area contributed by atoms with E-state index in [-0.39, 0.29) is 11.4 Å². The van der Waals surface area contributed by atoms with Gasteiger partial charge in [0.2, 0.25) is 5.88 Å². The molecule has 0 amide bonds. The molecule has 2 rings (SSSR count). The van der Waals surface area contributed by atoms with Gasteiger partial charge in [-0.3, -0.25) is 0 Å². The van der Waals surface area contributed by atoms with Gasteiger partial charge in [0.05, 0.1) is 10.7 Å². The molecule has 19 heavy (non-hydrogen) atoms. The van der Waals surface area contributed by atoms with E-state index in [0.29, 0.717) is 11.6 Å². The maximum absolute atomic E-state index is 11.6. The van der Waals surface area contributed by atoms with Crippen molar-refractivity contribution in [2.75, 3.05) is 7.11 Å². The molecule has 0 aliphatic carbocycles. The Hall–Kier alpha value is -1.70. The van der Waals surface area contributed by atoms with Crippen LogP contribution in [0.25, 0.3) is 0 Å². The molecule has 0 unspecified atom stereocenters. The zero-order valence-electron chi connectivity index (χ0n) is 10.4. The number of carbonyl (C=O) groups excluding carboxylic acids is 1. The number of rotatable bonds is 3. The summed E-state index contributed by atoms with van der Waals surface area (Å²) in [6, 6.07) is 7.46. The van der Waals surface area contributed by atoms with Crippen molar-refractivity contribution in [2.24, 2.45) is 0 Å². The lowest BCUT2D eigenvalue weighted by molar-refractivity contribution is 0.0596. The van der Waals surface area contributed by atoms with Crippen LogP contribution in [-0.2, 0) is 4.74 Å². The predicted octanol–water partition coefficient (Wildman–Crippen LogP) is 2.97. The number of methoxy groups -OCH3 is 1. The van der Waals surface area contributed by atoms with Crippen molar-refractivity contribution in [1.29, 1.82) is 0 Å². The van der Waals surface area contributed by atoms with Gasteiger partial charge in [-0.25, -0.2) is 9.78 Å². The fraction of sp³-hybridized carbons (Fsp3) is 0.154. The molecule has 1 aromatic heterocycles. The summed E-state index contributed by atoms with van der Waals surface area (Å²) in [5, 5.41) is 0. The molecule has 0 bridgehead atoms. The van der Waals surface area contributed by atoms with Gasteiger partial charge in [0.25, 0.3) is 0 Å². The summed E-state index contributed by atoms with van der Waals surface area (Å²) in [6.07, 6.45) is 1.40. The average Bonchev–Trinajstić information content (AvgIpc) is 2.41. The molecule has 5 nitrogen and oxygen atoms in total. The summed E-state index contributed by atoms with van der Waals surface area (Å²) in [6.45, 7) is 1.73. The molecule has 0 saturated heterocycles. The minimum absolute atomic E-state index is 0.198. The highest BCUT2D eigenvalue weighted by Crippen LogP contribution is 2.27. The van der Waals surface area contributed by atoms with E-state index >= 15 is 0 Å². The topological polar surface area (TPSA) is 61.3 Å². The number of aryl methyl sites for hydroxylation is 1. The Bertz CT molecular complexity index is 617. The Kier molecular flexibility index (Phi) is 4.31. The summed E-state index contributed by atoms with van der Waals surface area (Å²) in [7, 11) is 1.30. The number of esters is 1. The quantitative estimate of drug-likeness (QED) is 0.614. The zero-order chi connectivity index (χ0) is 13.8. The van der Waals surface area contributed by atoms with Gasteiger partial charge in [-0.1, -0.05) is 12.1 Å². The number of aromatic nitrogens is 2. The molecule has 0 aliphatic rings. The van der Waals surface area contributed by atoms with Crippen LogP contribution in [0.3, 0.4) is 0 Å². The van der Waals surface area contributed by atoms with Crippen LogP contribution in [0.5, 0.6) is 11.6 Å². The van der Waals surface area contributed by atoms with Crippen molar-refractivity contribution in [2.45, 2.75) is 6.92 Å².